The number of aromatic hydroxyl groups is 1. The molecule has 0 amide bonds. The van der Waals surface area contributed by atoms with Crippen LogP contribution in [-0.2, 0) is 19.1 Å². The van der Waals surface area contributed by atoms with Crippen LogP contribution in [0.15, 0.2) is 70.9 Å². The van der Waals surface area contributed by atoms with Crippen LogP contribution in [0, 0.1) is 11.6 Å². The number of rotatable bonds is 7. The lowest BCUT2D eigenvalue weighted by molar-refractivity contribution is -0.137. The Hall–Kier alpha value is -3.95. The van der Waals surface area contributed by atoms with E-state index in [-0.39, 0.29) is 35.9 Å². The first-order chi connectivity index (χ1) is 16.1. The van der Waals surface area contributed by atoms with E-state index < -0.39 is 23.4 Å². The van der Waals surface area contributed by atoms with Crippen molar-refractivity contribution >= 4 is 18.2 Å². The normalized spacial score (nSPS) is 11.9. The molecule has 3 aromatic carbocycles. The minimum absolute atomic E-state index is 0.0494. The maximum atomic E-state index is 14.6. The summed E-state index contributed by atoms with van der Waals surface area (Å²) >= 11 is 0. The molecule has 1 N–H and O–H groups in total. The highest BCUT2D eigenvalue weighted by atomic mass is 19.4. The van der Waals surface area contributed by atoms with Crippen LogP contribution < -0.4 is 9.64 Å². The quantitative estimate of drug-likeness (QED) is 0.198. The Labute approximate surface area is 192 Å². The van der Waals surface area contributed by atoms with Crippen LogP contribution in [0.5, 0.6) is 11.5 Å². The zero-order valence-electron chi connectivity index (χ0n) is 18.0. The first kappa shape index (κ1) is 24.7. The fraction of sp³-hybridized carbons (Fsp3) is 0.167. The van der Waals surface area contributed by atoms with Gasteiger partial charge in [0.2, 0.25) is 0 Å². The lowest BCUT2D eigenvalue weighted by atomic mass is 10.1. The van der Waals surface area contributed by atoms with Crippen molar-refractivity contribution in [2.75, 3.05) is 12.0 Å². The smallest absolute Gasteiger partial charge is 0.416 e. The highest BCUT2D eigenvalue weighted by Crippen LogP contribution is 2.31. The van der Waals surface area contributed by atoms with Crippen LogP contribution in [0.25, 0.3) is 0 Å². The molecule has 10 heteroatoms. The largest absolute Gasteiger partial charge is 0.504 e. The molecule has 0 saturated carbocycles. The van der Waals surface area contributed by atoms with Gasteiger partial charge in [-0.1, -0.05) is 12.1 Å². The Balaban J connectivity index is 2.02. The lowest BCUT2D eigenvalue weighted by Crippen LogP contribution is -2.32. The third kappa shape index (κ3) is 5.89. The highest BCUT2D eigenvalue weighted by molar-refractivity contribution is 5.99. The fourth-order valence-corrected chi connectivity index (χ4v) is 3.27. The second kappa shape index (κ2) is 10.3. The molecule has 0 atom stereocenters. The number of anilines is 1. The Morgan fingerprint density at radius 3 is 2.29 bits per heavy atom. The van der Waals surface area contributed by atoms with Crippen molar-refractivity contribution < 1.29 is 31.8 Å². The van der Waals surface area contributed by atoms with Crippen LogP contribution in [0.4, 0.5) is 27.6 Å². The van der Waals surface area contributed by atoms with E-state index in [9.17, 15) is 27.1 Å². The van der Waals surface area contributed by atoms with Crippen molar-refractivity contribution in [2.45, 2.75) is 19.1 Å². The Bertz CT molecular complexity index is 1190. The molecule has 3 aromatic rings. The van der Waals surface area contributed by atoms with Gasteiger partial charge in [-0.15, -0.1) is 5.10 Å². The number of hydrogen-bond acceptors (Lipinski definition) is 4. The van der Waals surface area contributed by atoms with E-state index in [1.165, 1.54) is 42.3 Å². The molecule has 34 heavy (non-hydrogen) atoms. The van der Waals surface area contributed by atoms with E-state index in [0.29, 0.717) is 17.3 Å². The summed E-state index contributed by atoms with van der Waals surface area (Å²) in [5.41, 5.74) is -0.189. The molecule has 3 rings (SSSR count). The van der Waals surface area contributed by atoms with Gasteiger partial charge in [-0.05, 0) is 54.1 Å². The molecule has 178 valence electrons. The first-order valence-corrected chi connectivity index (χ1v) is 9.89. The molecular formula is C24H20F5N3O2. The van der Waals surface area contributed by atoms with Crippen LogP contribution >= 0.6 is 0 Å². The predicted molar refractivity (Wildman–Crippen MR) is 119 cm³/mol. The molecular weight excluding hydrogens is 457 g/mol. The van der Waals surface area contributed by atoms with Crippen molar-refractivity contribution in [1.29, 1.82) is 0 Å². The third-order valence-corrected chi connectivity index (χ3v) is 4.95. The minimum Gasteiger partial charge on any atom is -0.504 e. The van der Waals surface area contributed by atoms with Gasteiger partial charge < -0.3 is 14.7 Å². The monoisotopic (exact) mass is 477 g/mol. The topological polar surface area (TPSA) is 57.4 Å². The van der Waals surface area contributed by atoms with Crippen molar-refractivity contribution in [2.24, 2.45) is 10.2 Å². The summed E-state index contributed by atoms with van der Waals surface area (Å²) in [6.07, 6.45) is -4.61. The van der Waals surface area contributed by atoms with Gasteiger partial charge in [0.15, 0.2) is 11.5 Å². The number of benzene rings is 3. The van der Waals surface area contributed by atoms with Crippen molar-refractivity contribution in [3.05, 3.63) is 89.0 Å². The standard InChI is InChI=1S/C24H20F5N3O2/c1-30-31-23(12-15-3-10-22(34-2)21(33)11-15)32(19-8-6-18(25)7-9-19)14-16-4-5-17(13-20(16)26)24(27,28)29/h3-11,13,33H,1,12,14H2,2H3/b31-23-. The molecule has 5 nitrogen and oxygen atoms in total. The van der Waals surface area contributed by atoms with Gasteiger partial charge in [-0.2, -0.15) is 18.3 Å². The summed E-state index contributed by atoms with van der Waals surface area (Å²) in [5, 5.41) is 17.7. The Kier molecular flexibility index (Phi) is 7.50. The summed E-state index contributed by atoms with van der Waals surface area (Å²) in [6, 6.07) is 12.1. The van der Waals surface area contributed by atoms with Gasteiger partial charge in [0, 0.05) is 24.4 Å². The van der Waals surface area contributed by atoms with Crippen molar-refractivity contribution in [1.82, 2.24) is 0 Å². The van der Waals surface area contributed by atoms with Crippen LogP contribution in [-0.4, -0.2) is 24.8 Å². The highest BCUT2D eigenvalue weighted by Gasteiger charge is 2.31. The third-order valence-electron chi connectivity index (χ3n) is 4.95. The molecule has 0 aliphatic rings. The summed E-state index contributed by atoms with van der Waals surface area (Å²) in [7, 11) is 1.40. The summed E-state index contributed by atoms with van der Waals surface area (Å²) in [6.45, 7) is 3.12. The van der Waals surface area contributed by atoms with E-state index in [1.54, 1.807) is 12.1 Å². The van der Waals surface area contributed by atoms with E-state index in [0.717, 1.165) is 12.1 Å². The molecule has 0 radical (unpaired) electrons. The Morgan fingerprint density at radius 1 is 1.03 bits per heavy atom. The number of nitrogens with zero attached hydrogens (tertiary/aromatic N) is 3. The molecule has 0 spiro atoms. The first-order valence-electron chi connectivity index (χ1n) is 9.89. The SMILES string of the molecule is C=N/N=C(/Cc1ccc(OC)c(O)c1)N(Cc1ccc(C(F)(F)F)cc1F)c1ccc(F)cc1. The maximum Gasteiger partial charge on any atom is 0.416 e. The van der Waals surface area contributed by atoms with Gasteiger partial charge in [-0.3, -0.25) is 0 Å². The fourth-order valence-electron chi connectivity index (χ4n) is 3.27. The number of ether oxygens (including phenoxy) is 1. The predicted octanol–water partition coefficient (Wildman–Crippen LogP) is 5.96. The van der Waals surface area contributed by atoms with E-state index in [4.69, 9.17) is 4.74 Å². The van der Waals surface area contributed by atoms with Crippen LogP contribution in [0.3, 0.4) is 0 Å². The molecule has 0 heterocycles. The minimum atomic E-state index is -4.69. The number of phenols is 1. The van der Waals surface area contributed by atoms with E-state index in [2.05, 4.69) is 16.9 Å². The number of hydrogen-bond donors (Lipinski definition) is 1. The summed E-state index contributed by atoms with van der Waals surface area (Å²) in [4.78, 5) is 1.47. The van der Waals surface area contributed by atoms with E-state index in [1.807, 2.05) is 0 Å². The Morgan fingerprint density at radius 2 is 1.74 bits per heavy atom. The van der Waals surface area contributed by atoms with Crippen molar-refractivity contribution in [3.8, 4) is 11.5 Å². The molecule has 0 unspecified atom stereocenters. The average molecular weight is 477 g/mol. The van der Waals surface area contributed by atoms with Crippen LogP contribution in [0.1, 0.15) is 16.7 Å². The number of alkyl halides is 3. The number of phenolic OH excluding ortho intramolecular Hbond substituents is 1. The van der Waals surface area contributed by atoms with Gasteiger partial charge in [-0.25, -0.2) is 8.78 Å². The van der Waals surface area contributed by atoms with Crippen molar-refractivity contribution in [3.63, 3.8) is 0 Å². The second-order valence-electron chi connectivity index (χ2n) is 7.21. The molecule has 0 saturated heterocycles. The van der Waals surface area contributed by atoms with Crippen LogP contribution in [0.2, 0.25) is 0 Å². The van der Waals surface area contributed by atoms with Gasteiger partial charge in [0.25, 0.3) is 0 Å². The molecule has 0 aliphatic heterocycles. The molecule has 0 aliphatic carbocycles. The number of halogens is 5. The zero-order chi connectivity index (χ0) is 24.9. The second-order valence-corrected chi connectivity index (χ2v) is 7.21. The molecule has 0 aromatic heterocycles. The van der Waals surface area contributed by atoms with Gasteiger partial charge in [0.1, 0.15) is 17.5 Å². The zero-order valence-corrected chi connectivity index (χ0v) is 18.0. The summed E-state index contributed by atoms with van der Waals surface area (Å²) < 4.78 is 72.0. The maximum absolute atomic E-state index is 14.6. The van der Waals surface area contributed by atoms with Gasteiger partial charge in [0.05, 0.1) is 19.2 Å². The number of amidine groups is 1. The molecule has 0 bridgehead atoms. The van der Waals surface area contributed by atoms with E-state index >= 15 is 0 Å². The average Bonchev–Trinajstić information content (AvgIpc) is 2.78. The lowest BCUT2D eigenvalue weighted by Gasteiger charge is -2.26. The van der Waals surface area contributed by atoms with Gasteiger partial charge >= 0.3 is 6.18 Å². The number of methoxy groups -OCH3 is 1. The molecule has 0 fully saturated rings. The summed E-state index contributed by atoms with van der Waals surface area (Å²) in [5.74, 6) is -1.20.